The molecule has 23 heavy (non-hydrogen) atoms. The van der Waals surface area contributed by atoms with Crippen LogP contribution in [0.2, 0.25) is 0 Å². The monoisotopic (exact) mass is 327 g/mol. The van der Waals surface area contributed by atoms with Crippen molar-refractivity contribution in [3.63, 3.8) is 0 Å². The van der Waals surface area contributed by atoms with Gasteiger partial charge in [-0.15, -0.1) is 0 Å². The first-order chi connectivity index (χ1) is 11.0. The summed E-state index contributed by atoms with van der Waals surface area (Å²) in [5.74, 6) is -0.103. The fraction of sp³-hybridized carbons (Fsp3) is 0.562. The zero-order valence-electron chi connectivity index (χ0n) is 12.9. The Morgan fingerprint density at radius 2 is 2.17 bits per heavy atom. The number of halogens is 3. The summed E-state index contributed by atoms with van der Waals surface area (Å²) in [5.41, 5.74) is -0.381. The van der Waals surface area contributed by atoms with Gasteiger partial charge in [0.15, 0.2) is 0 Å². The Morgan fingerprint density at radius 1 is 1.35 bits per heavy atom. The van der Waals surface area contributed by atoms with E-state index in [9.17, 15) is 13.2 Å². The van der Waals surface area contributed by atoms with Gasteiger partial charge in [0.1, 0.15) is 17.4 Å². The molecule has 0 amide bonds. The molecule has 1 aromatic heterocycles. The molecule has 2 unspecified atom stereocenters. The van der Waals surface area contributed by atoms with Gasteiger partial charge < -0.3 is 10.1 Å². The van der Waals surface area contributed by atoms with Crippen LogP contribution in [0.5, 0.6) is 5.75 Å². The summed E-state index contributed by atoms with van der Waals surface area (Å²) in [6, 6.07) is 3.28. The molecule has 1 fully saturated rings. The Kier molecular flexibility index (Phi) is 4.48. The highest BCUT2D eigenvalue weighted by Crippen LogP contribution is 2.41. The third-order valence-corrected chi connectivity index (χ3v) is 4.28. The van der Waals surface area contributed by atoms with E-state index in [4.69, 9.17) is 4.74 Å². The molecule has 0 radical (unpaired) electrons. The van der Waals surface area contributed by atoms with Crippen molar-refractivity contribution in [1.29, 1.82) is 0 Å². The van der Waals surface area contributed by atoms with Gasteiger partial charge in [0.25, 0.3) is 0 Å². The van der Waals surface area contributed by atoms with Crippen LogP contribution >= 0.6 is 0 Å². The van der Waals surface area contributed by atoms with Crippen LogP contribution in [-0.4, -0.2) is 28.9 Å². The molecule has 126 valence electrons. The van der Waals surface area contributed by atoms with Gasteiger partial charge in [-0.05, 0) is 44.4 Å². The molecule has 0 saturated heterocycles. The van der Waals surface area contributed by atoms with Crippen molar-refractivity contribution in [1.82, 2.24) is 15.5 Å². The molecule has 1 aliphatic rings. The van der Waals surface area contributed by atoms with Crippen LogP contribution in [0.25, 0.3) is 10.9 Å². The number of hydrogen-bond acceptors (Lipinski definition) is 3. The maximum atomic E-state index is 13.5. The lowest BCUT2D eigenvalue weighted by atomic mass is 9.92. The van der Waals surface area contributed by atoms with Gasteiger partial charge in [-0.2, -0.15) is 18.3 Å². The summed E-state index contributed by atoms with van der Waals surface area (Å²) in [6.45, 7) is 2.88. The first kappa shape index (κ1) is 16.1. The second-order valence-electron chi connectivity index (χ2n) is 5.93. The summed E-state index contributed by atoms with van der Waals surface area (Å²) in [6.07, 6.45) is 0.0373. The van der Waals surface area contributed by atoms with Gasteiger partial charge in [0.05, 0.1) is 11.7 Å². The zero-order valence-corrected chi connectivity index (χ0v) is 12.9. The van der Waals surface area contributed by atoms with E-state index in [0.29, 0.717) is 11.6 Å². The SMILES string of the molecule is CCNC1CCCC(Oc2ccc3[nH]ncc3c2C(F)(F)F)C1. The molecule has 1 saturated carbocycles. The number of nitrogens with one attached hydrogen (secondary N) is 2. The van der Waals surface area contributed by atoms with Gasteiger partial charge in [0.2, 0.25) is 0 Å². The summed E-state index contributed by atoms with van der Waals surface area (Å²) in [4.78, 5) is 0. The second kappa shape index (κ2) is 6.39. The van der Waals surface area contributed by atoms with Crippen LogP contribution in [-0.2, 0) is 6.18 Å². The Bertz CT molecular complexity index is 666. The number of fused-ring (bicyclic) bond motifs is 1. The van der Waals surface area contributed by atoms with Crippen molar-refractivity contribution >= 4 is 10.9 Å². The fourth-order valence-electron chi connectivity index (χ4n) is 3.29. The number of alkyl halides is 3. The average Bonchev–Trinajstić information content (AvgIpc) is 2.94. The van der Waals surface area contributed by atoms with Crippen LogP contribution in [0.1, 0.15) is 38.2 Å². The molecule has 7 heteroatoms. The van der Waals surface area contributed by atoms with E-state index in [2.05, 4.69) is 15.5 Å². The minimum Gasteiger partial charge on any atom is -0.490 e. The fourth-order valence-corrected chi connectivity index (χ4v) is 3.29. The highest BCUT2D eigenvalue weighted by atomic mass is 19.4. The van der Waals surface area contributed by atoms with Gasteiger partial charge in [-0.3, -0.25) is 5.10 Å². The molecule has 2 atom stereocenters. The first-order valence-corrected chi connectivity index (χ1v) is 7.92. The number of hydrogen-bond donors (Lipinski definition) is 2. The molecule has 1 heterocycles. The minimum absolute atomic E-state index is 0.0500. The number of aromatic amines is 1. The number of nitrogens with zero attached hydrogens (tertiary/aromatic N) is 1. The quantitative estimate of drug-likeness (QED) is 0.896. The first-order valence-electron chi connectivity index (χ1n) is 7.92. The van der Waals surface area contributed by atoms with Gasteiger partial charge in [-0.25, -0.2) is 0 Å². The molecule has 2 aromatic rings. The lowest BCUT2D eigenvalue weighted by molar-refractivity contribution is -0.138. The van der Waals surface area contributed by atoms with Gasteiger partial charge >= 0.3 is 6.18 Å². The molecular weight excluding hydrogens is 307 g/mol. The van der Waals surface area contributed by atoms with E-state index in [1.165, 1.54) is 12.3 Å². The molecule has 0 aliphatic heterocycles. The topological polar surface area (TPSA) is 49.9 Å². The maximum absolute atomic E-state index is 13.5. The van der Waals surface area contributed by atoms with Gasteiger partial charge in [-0.1, -0.05) is 6.92 Å². The molecule has 2 N–H and O–H groups in total. The number of rotatable bonds is 4. The summed E-state index contributed by atoms with van der Waals surface area (Å²) in [7, 11) is 0. The standard InChI is InChI=1S/C16H20F3N3O/c1-2-20-10-4-3-5-11(8-10)23-14-7-6-13-12(9-21-22-13)15(14)16(17,18)19/h6-7,9-11,20H,2-5,8H2,1H3,(H,21,22). The van der Waals surface area contributed by atoms with Crippen LogP contribution in [0.3, 0.4) is 0 Å². The Hall–Kier alpha value is -1.76. The number of aromatic nitrogens is 2. The average molecular weight is 327 g/mol. The summed E-state index contributed by atoms with van der Waals surface area (Å²) < 4.78 is 46.2. The van der Waals surface area contributed by atoms with E-state index in [1.807, 2.05) is 6.92 Å². The largest absolute Gasteiger partial charge is 0.490 e. The van der Waals surface area contributed by atoms with Crippen LogP contribution in [0, 0.1) is 0 Å². The Morgan fingerprint density at radius 3 is 2.91 bits per heavy atom. The van der Waals surface area contributed by atoms with E-state index >= 15 is 0 Å². The Labute approximate surface area is 132 Å². The minimum atomic E-state index is -4.48. The predicted molar refractivity (Wildman–Crippen MR) is 81.4 cm³/mol. The molecule has 4 nitrogen and oxygen atoms in total. The highest BCUT2D eigenvalue weighted by Gasteiger charge is 2.38. The number of ether oxygens (including phenoxy) is 1. The highest BCUT2D eigenvalue weighted by molar-refractivity contribution is 5.84. The zero-order chi connectivity index (χ0) is 16.4. The van der Waals surface area contributed by atoms with Crippen molar-refractivity contribution in [2.24, 2.45) is 0 Å². The van der Waals surface area contributed by atoms with Crippen molar-refractivity contribution in [2.45, 2.75) is 50.9 Å². The van der Waals surface area contributed by atoms with Gasteiger partial charge in [0, 0.05) is 11.4 Å². The third kappa shape index (κ3) is 3.44. The maximum Gasteiger partial charge on any atom is 0.420 e. The Balaban J connectivity index is 1.87. The smallest absolute Gasteiger partial charge is 0.420 e. The van der Waals surface area contributed by atoms with Crippen LogP contribution < -0.4 is 10.1 Å². The van der Waals surface area contributed by atoms with E-state index < -0.39 is 11.7 Å². The molecule has 3 rings (SSSR count). The normalized spacial score (nSPS) is 22.4. The summed E-state index contributed by atoms with van der Waals surface area (Å²) in [5, 5.41) is 9.68. The third-order valence-electron chi connectivity index (χ3n) is 4.28. The molecule has 1 aliphatic carbocycles. The second-order valence-corrected chi connectivity index (χ2v) is 5.93. The van der Waals surface area contributed by atoms with E-state index in [-0.39, 0.29) is 17.2 Å². The van der Waals surface area contributed by atoms with E-state index in [1.54, 1.807) is 6.07 Å². The van der Waals surface area contributed by atoms with Crippen LogP contribution in [0.4, 0.5) is 13.2 Å². The molecular formula is C16H20F3N3O. The molecule has 1 aromatic carbocycles. The lowest BCUT2D eigenvalue weighted by Gasteiger charge is -2.30. The van der Waals surface area contributed by atoms with E-state index in [0.717, 1.165) is 32.2 Å². The van der Waals surface area contributed by atoms with Crippen molar-refractivity contribution in [2.75, 3.05) is 6.54 Å². The molecule has 0 bridgehead atoms. The van der Waals surface area contributed by atoms with Crippen molar-refractivity contribution < 1.29 is 17.9 Å². The summed E-state index contributed by atoms with van der Waals surface area (Å²) >= 11 is 0. The van der Waals surface area contributed by atoms with Crippen molar-refractivity contribution in [3.8, 4) is 5.75 Å². The molecule has 0 spiro atoms. The van der Waals surface area contributed by atoms with Crippen LogP contribution in [0.15, 0.2) is 18.3 Å². The predicted octanol–water partition coefficient (Wildman–Crippen LogP) is 3.88. The lowest BCUT2D eigenvalue weighted by Crippen LogP contribution is -2.38. The van der Waals surface area contributed by atoms with Crippen molar-refractivity contribution in [3.05, 3.63) is 23.9 Å². The number of benzene rings is 1. The number of H-pyrrole nitrogens is 1.